The highest BCUT2D eigenvalue weighted by atomic mass is 32.1. The molecule has 15 heavy (non-hydrogen) atoms. The van der Waals surface area contributed by atoms with Crippen LogP contribution in [0.4, 0.5) is 4.39 Å². The fourth-order valence-corrected chi connectivity index (χ4v) is 2.15. The molecular formula is C12H9FOS. The number of carbonyl (C=O) groups excluding carboxylic acids is 1. The van der Waals surface area contributed by atoms with E-state index in [0.717, 1.165) is 22.3 Å². The van der Waals surface area contributed by atoms with Gasteiger partial charge in [0, 0.05) is 0 Å². The lowest BCUT2D eigenvalue weighted by atomic mass is 10.1. The molecule has 0 N–H and O–H groups in total. The van der Waals surface area contributed by atoms with Gasteiger partial charge in [0.1, 0.15) is 5.82 Å². The van der Waals surface area contributed by atoms with Crippen molar-refractivity contribution in [1.82, 2.24) is 0 Å². The number of thiophene rings is 1. The number of aldehydes is 1. The van der Waals surface area contributed by atoms with Crippen LogP contribution in [0.5, 0.6) is 0 Å². The fourth-order valence-electron chi connectivity index (χ4n) is 1.42. The normalized spacial score (nSPS) is 10.2. The van der Waals surface area contributed by atoms with Crippen LogP contribution < -0.4 is 0 Å². The average Bonchev–Trinajstić information content (AvgIpc) is 2.69. The Balaban J connectivity index is 2.21. The number of hydrogen-bond donors (Lipinski definition) is 0. The van der Waals surface area contributed by atoms with Crippen molar-refractivity contribution in [2.75, 3.05) is 0 Å². The predicted molar refractivity (Wildman–Crippen MR) is 58.9 cm³/mol. The van der Waals surface area contributed by atoms with Gasteiger partial charge in [-0.1, -0.05) is 12.1 Å². The Labute approximate surface area is 91.2 Å². The lowest BCUT2D eigenvalue weighted by Crippen LogP contribution is -1.89. The molecule has 0 saturated carbocycles. The van der Waals surface area contributed by atoms with E-state index in [9.17, 15) is 9.18 Å². The maximum atomic E-state index is 12.7. The number of rotatable bonds is 3. The summed E-state index contributed by atoms with van der Waals surface area (Å²) in [5.41, 5.74) is 2.01. The van der Waals surface area contributed by atoms with Gasteiger partial charge in [0.25, 0.3) is 0 Å². The van der Waals surface area contributed by atoms with Gasteiger partial charge in [-0.3, -0.25) is 4.79 Å². The van der Waals surface area contributed by atoms with Crippen molar-refractivity contribution in [3.8, 4) is 0 Å². The Morgan fingerprint density at radius 3 is 2.60 bits per heavy atom. The summed E-state index contributed by atoms with van der Waals surface area (Å²) in [5.74, 6) is -0.236. The first-order chi connectivity index (χ1) is 7.29. The summed E-state index contributed by atoms with van der Waals surface area (Å²) in [6, 6.07) is 8.27. The number of carbonyl (C=O) groups is 1. The standard InChI is InChI=1S/C12H9FOS/c13-11-3-1-9(2-4-11)7-10-5-6-15-12(10)8-14/h1-6,8H,7H2. The molecule has 0 unspecified atom stereocenters. The first kappa shape index (κ1) is 10.1. The van der Waals surface area contributed by atoms with Gasteiger partial charge in [-0.25, -0.2) is 4.39 Å². The van der Waals surface area contributed by atoms with E-state index in [1.807, 2.05) is 11.4 Å². The summed E-state index contributed by atoms with van der Waals surface area (Å²) in [4.78, 5) is 11.4. The molecule has 2 rings (SSSR count). The van der Waals surface area contributed by atoms with Gasteiger partial charge in [0.15, 0.2) is 6.29 Å². The van der Waals surface area contributed by atoms with Crippen molar-refractivity contribution in [2.24, 2.45) is 0 Å². The van der Waals surface area contributed by atoms with E-state index < -0.39 is 0 Å². The molecule has 1 aromatic heterocycles. The highest BCUT2D eigenvalue weighted by Crippen LogP contribution is 2.18. The third kappa shape index (κ3) is 2.30. The molecule has 76 valence electrons. The number of benzene rings is 1. The fraction of sp³-hybridized carbons (Fsp3) is 0.0833. The van der Waals surface area contributed by atoms with Crippen molar-refractivity contribution >= 4 is 17.6 Å². The summed E-state index contributed by atoms with van der Waals surface area (Å²) in [6.45, 7) is 0. The molecule has 1 nitrogen and oxygen atoms in total. The summed E-state index contributed by atoms with van der Waals surface area (Å²) in [5, 5.41) is 1.89. The maximum absolute atomic E-state index is 12.7. The Kier molecular flexibility index (Phi) is 2.92. The Hall–Kier alpha value is -1.48. The monoisotopic (exact) mass is 220 g/mol. The van der Waals surface area contributed by atoms with Gasteiger partial charge < -0.3 is 0 Å². The summed E-state index contributed by atoms with van der Waals surface area (Å²) in [6.07, 6.45) is 1.54. The van der Waals surface area contributed by atoms with Crippen molar-refractivity contribution in [3.63, 3.8) is 0 Å². The molecule has 0 aliphatic rings. The van der Waals surface area contributed by atoms with Crippen LogP contribution in [0.3, 0.4) is 0 Å². The zero-order valence-corrected chi connectivity index (χ0v) is 8.76. The van der Waals surface area contributed by atoms with E-state index >= 15 is 0 Å². The molecule has 1 aromatic carbocycles. The molecular weight excluding hydrogens is 211 g/mol. The van der Waals surface area contributed by atoms with Gasteiger partial charge >= 0.3 is 0 Å². The van der Waals surface area contributed by atoms with Crippen LogP contribution in [-0.2, 0) is 6.42 Å². The zero-order chi connectivity index (χ0) is 10.7. The topological polar surface area (TPSA) is 17.1 Å². The Morgan fingerprint density at radius 1 is 1.20 bits per heavy atom. The second-order valence-corrected chi connectivity index (χ2v) is 4.18. The lowest BCUT2D eigenvalue weighted by molar-refractivity contribution is 0.112. The van der Waals surface area contributed by atoms with Crippen LogP contribution in [0, 0.1) is 5.82 Å². The van der Waals surface area contributed by atoms with Gasteiger partial charge in [0.2, 0.25) is 0 Å². The Morgan fingerprint density at radius 2 is 1.93 bits per heavy atom. The van der Waals surface area contributed by atoms with Crippen LogP contribution in [0.15, 0.2) is 35.7 Å². The van der Waals surface area contributed by atoms with Crippen LogP contribution in [0.1, 0.15) is 20.8 Å². The molecule has 0 aliphatic heterocycles. The molecule has 0 spiro atoms. The molecule has 0 fully saturated rings. The molecule has 0 amide bonds. The Bertz CT molecular complexity index is 459. The second-order valence-electron chi connectivity index (χ2n) is 3.23. The number of halogens is 1. The third-order valence-corrected chi connectivity index (χ3v) is 3.08. The largest absolute Gasteiger partial charge is 0.297 e. The van der Waals surface area contributed by atoms with Crippen LogP contribution in [0.2, 0.25) is 0 Å². The van der Waals surface area contributed by atoms with Crippen molar-refractivity contribution in [2.45, 2.75) is 6.42 Å². The van der Waals surface area contributed by atoms with Crippen LogP contribution in [0.25, 0.3) is 0 Å². The van der Waals surface area contributed by atoms with Gasteiger partial charge in [-0.2, -0.15) is 0 Å². The SMILES string of the molecule is O=Cc1sccc1Cc1ccc(F)cc1. The van der Waals surface area contributed by atoms with Crippen LogP contribution in [-0.4, -0.2) is 6.29 Å². The second kappa shape index (κ2) is 4.36. The van der Waals surface area contributed by atoms with Crippen molar-refractivity contribution in [1.29, 1.82) is 0 Å². The summed E-state index contributed by atoms with van der Waals surface area (Å²) < 4.78 is 12.7. The number of hydrogen-bond acceptors (Lipinski definition) is 2. The first-order valence-electron chi connectivity index (χ1n) is 4.55. The molecule has 0 aliphatic carbocycles. The zero-order valence-electron chi connectivity index (χ0n) is 7.94. The van der Waals surface area contributed by atoms with E-state index in [1.165, 1.54) is 23.5 Å². The minimum absolute atomic E-state index is 0.236. The van der Waals surface area contributed by atoms with Gasteiger partial charge in [0.05, 0.1) is 4.88 Å². The molecule has 0 saturated heterocycles. The van der Waals surface area contributed by atoms with E-state index in [-0.39, 0.29) is 5.82 Å². The smallest absolute Gasteiger partial charge is 0.160 e. The quantitative estimate of drug-likeness (QED) is 0.725. The van der Waals surface area contributed by atoms with Gasteiger partial charge in [-0.15, -0.1) is 11.3 Å². The van der Waals surface area contributed by atoms with Crippen LogP contribution >= 0.6 is 11.3 Å². The molecule has 0 atom stereocenters. The minimum Gasteiger partial charge on any atom is -0.297 e. The molecule has 0 bridgehead atoms. The van der Waals surface area contributed by atoms with E-state index in [0.29, 0.717) is 6.42 Å². The third-order valence-electron chi connectivity index (χ3n) is 2.20. The molecule has 2 aromatic rings. The molecule has 0 radical (unpaired) electrons. The van der Waals surface area contributed by atoms with Crippen molar-refractivity contribution in [3.05, 3.63) is 57.5 Å². The summed E-state index contributed by atoms with van der Waals surface area (Å²) >= 11 is 1.43. The highest BCUT2D eigenvalue weighted by Gasteiger charge is 2.04. The van der Waals surface area contributed by atoms with Crippen molar-refractivity contribution < 1.29 is 9.18 Å². The summed E-state index contributed by atoms with van der Waals surface area (Å²) in [7, 11) is 0. The highest BCUT2D eigenvalue weighted by molar-refractivity contribution is 7.11. The lowest BCUT2D eigenvalue weighted by Gasteiger charge is -1.99. The minimum atomic E-state index is -0.236. The van der Waals surface area contributed by atoms with Gasteiger partial charge in [-0.05, 0) is 41.1 Å². The average molecular weight is 220 g/mol. The predicted octanol–water partition coefficient (Wildman–Crippen LogP) is 3.29. The first-order valence-corrected chi connectivity index (χ1v) is 5.43. The van der Waals surface area contributed by atoms with E-state index in [2.05, 4.69) is 0 Å². The maximum Gasteiger partial charge on any atom is 0.160 e. The molecule has 3 heteroatoms. The molecule has 1 heterocycles. The van der Waals surface area contributed by atoms with E-state index in [1.54, 1.807) is 12.1 Å². The van der Waals surface area contributed by atoms with E-state index in [4.69, 9.17) is 0 Å².